The monoisotopic (exact) mass is 401 g/mol. The van der Waals surface area contributed by atoms with Gasteiger partial charge in [-0.2, -0.15) is 5.10 Å². The third kappa shape index (κ3) is 4.76. The number of piperazine rings is 1. The minimum Gasteiger partial charge on any atom is -0.376 e. The smallest absolute Gasteiger partial charge is 0.266 e. The predicted octanol–water partition coefficient (Wildman–Crippen LogP) is 1.42. The van der Waals surface area contributed by atoms with Crippen LogP contribution in [0.1, 0.15) is 43.5 Å². The van der Waals surface area contributed by atoms with E-state index in [0.29, 0.717) is 13.2 Å². The predicted molar refractivity (Wildman–Crippen MR) is 109 cm³/mol. The molecule has 2 aliphatic heterocycles. The van der Waals surface area contributed by atoms with Crippen LogP contribution >= 0.6 is 0 Å². The molecule has 0 aromatic carbocycles. The molecule has 4 rings (SSSR count). The molecule has 0 saturated carbocycles. The number of hydrogen-bond acceptors (Lipinski definition) is 7. The van der Waals surface area contributed by atoms with Crippen molar-refractivity contribution in [1.82, 2.24) is 24.7 Å². The lowest BCUT2D eigenvalue weighted by molar-refractivity contribution is 0.101. The Morgan fingerprint density at radius 1 is 1.07 bits per heavy atom. The summed E-state index contributed by atoms with van der Waals surface area (Å²) >= 11 is 0. The van der Waals surface area contributed by atoms with E-state index in [1.807, 2.05) is 6.07 Å². The van der Waals surface area contributed by atoms with Crippen molar-refractivity contribution >= 4 is 0 Å². The molecule has 0 radical (unpaired) electrons. The highest BCUT2D eigenvalue weighted by molar-refractivity contribution is 5.23. The lowest BCUT2D eigenvalue weighted by atomic mass is 9.92. The molecule has 0 bridgehead atoms. The fourth-order valence-corrected chi connectivity index (χ4v) is 3.83. The van der Waals surface area contributed by atoms with Crippen LogP contribution in [0, 0.1) is 0 Å². The van der Waals surface area contributed by atoms with Crippen LogP contribution in [-0.4, -0.2) is 64.1 Å². The van der Waals surface area contributed by atoms with E-state index in [-0.39, 0.29) is 11.0 Å². The second-order valence-electron chi connectivity index (χ2n) is 8.98. The molecule has 8 nitrogen and oxygen atoms in total. The van der Waals surface area contributed by atoms with E-state index < -0.39 is 0 Å². The normalized spacial score (nSPS) is 18.7. The molecule has 1 fully saturated rings. The zero-order chi connectivity index (χ0) is 20.4. The van der Waals surface area contributed by atoms with E-state index >= 15 is 0 Å². The molecule has 0 aliphatic carbocycles. The molecular weight excluding hydrogens is 370 g/mol. The summed E-state index contributed by atoms with van der Waals surface area (Å²) in [5.74, 6) is 0.986. The maximum atomic E-state index is 12.2. The molecule has 158 valence electrons. The van der Waals surface area contributed by atoms with Crippen LogP contribution in [0.4, 0.5) is 0 Å². The molecule has 0 amide bonds. The van der Waals surface area contributed by atoms with Gasteiger partial charge < -0.3 is 9.26 Å². The van der Waals surface area contributed by atoms with E-state index in [1.165, 1.54) is 0 Å². The highest BCUT2D eigenvalue weighted by atomic mass is 16.5. The van der Waals surface area contributed by atoms with Crippen LogP contribution in [-0.2, 0) is 36.3 Å². The molecule has 0 unspecified atom stereocenters. The van der Waals surface area contributed by atoms with E-state index in [0.717, 1.165) is 75.0 Å². The van der Waals surface area contributed by atoms with Crippen molar-refractivity contribution in [2.24, 2.45) is 0 Å². The highest BCUT2D eigenvalue weighted by Crippen LogP contribution is 2.22. The number of ether oxygens (including phenoxy) is 1. The number of nitrogens with zero attached hydrogens (tertiary/aromatic N) is 5. The quantitative estimate of drug-likeness (QED) is 0.750. The Hall–Kier alpha value is -2.03. The Bertz CT molecular complexity index is 890. The Morgan fingerprint density at radius 3 is 2.59 bits per heavy atom. The van der Waals surface area contributed by atoms with Crippen LogP contribution in [0.3, 0.4) is 0 Å². The summed E-state index contributed by atoms with van der Waals surface area (Å²) in [6.45, 7) is 13.8. The third-order valence-electron chi connectivity index (χ3n) is 5.77. The molecule has 2 aromatic heterocycles. The van der Waals surface area contributed by atoms with Gasteiger partial charge in [0, 0.05) is 62.7 Å². The van der Waals surface area contributed by atoms with Crippen LogP contribution in [0.25, 0.3) is 0 Å². The Balaban J connectivity index is 1.28. The first-order valence-electron chi connectivity index (χ1n) is 10.5. The van der Waals surface area contributed by atoms with Crippen LogP contribution in [0.5, 0.6) is 0 Å². The van der Waals surface area contributed by atoms with Crippen molar-refractivity contribution in [2.45, 2.75) is 52.3 Å². The van der Waals surface area contributed by atoms with E-state index in [9.17, 15) is 4.79 Å². The van der Waals surface area contributed by atoms with Crippen molar-refractivity contribution in [3.8, 4) is 0 Å². The Labute approximate surface area is 171 Å². The maximum absolute atomic E-state index is 12.2. The first kappa shape index (κ1) is 20.3. The summed E-state index contributed by atoms with van der Waals surface area (Å²) in [7, 11) is 0. The lowest BCUT2D eigenvalue weighted by Gasteiger charge is -2.34. The van der Waals surface area contributed by atoms with Gasteiger partial charge in [-0.25, -0.2) is 4.68 Å². The van der Waals surface area contributed by atoms with Crippen molar-refractivity contribution < 1.29 is 9.26 Å². The fraction of sp³-hybridized carbons (Fsp3) is 0.667. The molecule has 0 spiro atoms. The Morgan fingerprint density at radius 2 is 1.83 bits per heavy atom. The van der Waals surface area contributed by atoms with Gasteiger partial charge in [-0.1, -0.05) is 25.9 Å². The number of fused-ring (bicyclic) bond motifs is 1. The molecular formula is C21H31N5O3. The van der Waals surface area contributed by atoms with Crippen molar-refractivity contribution in [3.63, 3.8) is 0 Å². The highest BCUT2D eigenvalue weighted by Gasteiger charge is 2.24. The van der Waals surface area contributed by atoms with E-state index in [1.54, 1.807) is 10.7 Å². The van der Waals surface area contributed by atoms with Crippen LogP contribution < -0.4 is 5.56 Å². The summed E-state index contributed by atoms with van der Waals surface area (Å²) in [5, 5.41) is 8.84. The molecule has 4 heterocycles. The van der Waals surface area contributed by atoms with Crippen LogP contribution in [0.2, 0.25) is 0 Å². The lowest BCUT2D eigenvalue weighted by Crippen LogP contribution is -2.47. The molecule has 0 atom stereocenters. The summed E-state index contributed by atoms with van der Waals surface area (Å²) < 4.78 is 12.6. The van der Waals surface area contributed by atoms with Gasteiger partial charge in [-0.05, 0) is 6.07 Å². The average molecular weight is 402 g/mol. The first-order chi connectivity index (χ1) is 13.9. The summed E-state index contributed by atoms with van der Waals surface area (Å²) in [5.41, 5.74) is 3.01. The van der Waals surface area contributed by atoms with Crippen molar-refractivity contribution in [3.05, 3.63) is 45.2 Å². The standard InChI is InChI=1S/C21H31N5O3/c1-21(2,3)19-4-5-20(27)26(22-19)12-11-24-7-9-25(10-8-24)14-17-16-15-28-13-6-18(16)29-23-17/h4-5H,6-15H2,1-3H3. The molecule has 29 heavy (non-hydrogen) atoms. The molecule has 2 aliphatic rings. The second kappa shape index (κ2) is 8.38. The van der Waals surface area contributed by atoms with Crippen LogP contribution in [0.15, 0.2) is 21.5 Å². The van der Waals surface area contributed by atoms with Gasteiger partial charge in [0.1, 0.15) is 11.5 Å². The summed E-state index contributed by atoms with van der Waals surface area (Å²) in [6.07, 6.45) is 0.819. The molecule has 8 heteroatoms. The fourth-order valence-electron chi connectivity index (χ4n) is 3.83. The zero-order valence-corrected chi connectivity index (χ0v) is 17.7. The van der Waals surface area contributed by atoms with Gasteiger partial charge in [-0.3, -0.25) is 14.6 Å². The van der Waals surface area contributed by atoms with Gasteiger partial charge in [-0.15, -0.1) is 0 Å². The molecule has 1 saturated heterocycles. The van der Waals surface area contributed by atoms with Gasteiger partial charge in [0.25, 0.3) is 5.56 Å². The largest absolute Gasteiger partial charge is 0.376 e. The topological polar surface area (TPSA) is 76.6 Å². The molecule has 0 N–H and O–H groups in total. The van der Waals surface area contributed by atoms with Gasteiger partial charge >= 0.3 is 0 Å². The minimum absolute atomic E-state index is 0.0327. The number of rotatable bonds is 5. The van der Waals surface area contributed by atoms with E-state index in [4.69, 9.17) is 9.26 Å². The minimum atomic E-state index is -0.0631. The zero-order valence-electron chi connectivity index (χ0n) is 17.7. The molecule has 2 aromatic rings. The summed E-state index contributed by atoms with van der Waals surface area (Å²) in [6, 6.07) is 3.47. The van der Waals surface area contributed by atoms with Gasteiger partial charge in [0.2, 0.25) is 0 Å². The van der Waals surface area contributed by atoms with Gasteiger partial charge in [0.15, 0.2) is 0 Å². The first-order valence-corrected chi connectivity index (χ1v) is 10.5. The third-order valence-corrected chi connectivity index (χ3v) is 5.77. The average Bonchev–Trinajstić information content (AvgIpc) is 3.10. The Kier molecular flexibility index (Phi) is 5.85. The van der Waals surface area contributed by atoms with Gasteiger partial charge in [0.05, 0.1) is 25.5 Å². The van der Waals surface area contributed by atoms with Crippen molar-refractivity contribution in [1.29, 1.82) is 0 Å². The van der Waals surface area contributed by atoms with E-state index in [2.05, 4.69) is 40.8 Å². The SMILES string of the molecule is CC(C)(C)c1ccc(=O)n(CCN2CCN(Cc3noc4c3COCC4)CC2)n1. The summed E-state index contributed by atoms with van der Waals surface area (Å²) in [4.78, 5) is 17.0. The number of aromatic nitrogens is 3. The van der Waals surface area contributed by atoms with Crippen molar-refractivity contribution in [2.75, 3.05) is 39.3 Å². The number of hydrogen-bond donors (Lipinski definition) is 0. The maximum Gasteiger partial charge on any atom is 0.266 e. The second-order valence-corrected chi connectivity index (χ2v) is 8.98.